The van der Waals surface area contributed by atoms with E-state index in [4.69, 9.17) is 5.11 Å². The van der Waals surface area contributed by atoms with Crippen LogP contribution in [0.4, 0.5) is 4.79 Å². The van der Waals surface area contributed by atoms with Crippen molar-refractivity contribution >= 4 is 12.0 Å². The van der Waals surface area contributed by atoms with Crippen LogP contribution >= 0.6 is 0 Å². The number of aliphatic carboxylic acids is 1. The molecule has 0 bridgehead atoms. The Hall–Kier alpha value is -1.26. The number of carbonyl (C=O) groups excluding carboxylic acids is 1. The van der Waals surface area contributed by atoms with E-state index < -0.39 is 11.5 Å². The molecular formula is C14H26N2O3. The van der Waals surface area contributed by atoms with Crippen molar-refractivity contribution in [3.63, 3.8) is 0 Å². The van der Waals surface area contributed by atoms with Crippen molar-refractivity contribution in [1.82, 2.24) is 10.6 Å². The highest BCUT2D eigenvalue weighted by atomic mass is 16.4. The highest BCUT2D eigenvalue weighted by molar-refractivity contribution is 5.76. The van der Waals surface area contributed by atoms with Crippen molar-refractivity contribution in [3.05, 3.63) is 0 Å². The lowest BCUT2D eigenvalue weighted by atomic mass is 9.82. The Morgan fingerprint density at radius 2 is 2.00 bits per heavy atom. The zero-order chi connectivity index (χ0) is 14.5. The van der Waals surface area contributed by atoms with E-state index in [2.05, 4.69) is 17.6 Å². The molecule has 5 heteroatoms. The number of hydrogen-bond donors (Lipinski definition) is 3. The Labute approximate surface area is 115 Å². The van der Waals surface area contributed by atoms with E-state index in [0.29, 0.717) is 12.5 Å². The van der Waals surface area contributed by atoms with Crippen LogP contribution in [0.1, 0.15) is 52.9 Å². The van der Waals surface area contributed by atoms with E-state index in [1.165, 1.54) is 25.7 Å². The molecule has 0 aromatic rings. The maximum atomic E-state index is 11.7. The Morgan fingerprint density at radius 1 is 1.32 bits per heavy atom. The quantitative estimate of drug-likeness (QED) is 0.717. The van der Waals surface area contributed by atoms with Crippen LogP contribution in [0.15, 0.2) is 0 Å². The molecule has 0 saturated heterocycles. The number of amides is 2. The molecule has 0 heterocycles. The molecule has 1 aliphatic carbocycles. The topological polar surface area (TPSA) is 78.4 Å². The first kappa shape index (κ1) is 15.8. The third kappa shape index (κ3) is 6.45. The third-order valence-corrected chi connectivity index (χ3v) is 3.64. The molecule has 1 rings (SSSR count). The smallest absolute Gasteiger partial charge is 0.315 e. The molecule has 19 heavy (non-hydrogen) atoms. The normalized spacial score (nSPS) is 23.7. The zero-order valence-corrected chi connectivity index (χ0v) is 12.2. The summed E-state index contributed by atoms with van der Waals surface area (Å²) in [7, 11) is 0. The van der Waals surface area contributed by atoms with Gasteiger partial charge < -0.3 is 15.7 Å². The van der Waals surface area contributed by atoms with Gasteiger partial charge >= 0.3 is 12.0 Å². The molecule has 2 unspecified atom stereocenters. The Kier molecular flexibility index (Phi) is 5.63. The number of carboxylic acids is 1. The lowest BCUT2D eigenvalue weighted by molar-refractivity contribution is -0.138. The molecule has 0 radical (unpaired) electrons. The van der Waals surface area contributed by atoms with Gasteiger partial charge in [-0.25, -0.2) is 4.79 Å². The highest BCUT2D eigenvalue weighted by Gasteiger charge is 2.24. The number of carboxylic acid groups (broad SMARTS) is 1. The highest BCUT2D eigenvalue weighted by Crippen LogP contribution is 2.27. The van der Waals surface area contributed by atoms with E-state index in [0.717, 1.165) is 5.92 Å². The maximum absolute atomic E-state index is 11.7. The molecule has 2 amide bonds. The number of rotatable bonds is 5. The predicted octanol–water partition coefficient (Wildman–Crippen LogP) is 2.37. The summed E-state index contributed by atoms with van der Waals surface area (Å²) >= 11 is 0. The van der Waals surface area contributed by atoms with Gasteiger partial charge in [-0.05, 0) is 38.5 Å². The van der Waals surface area contributed by atoms with Crippen LogP contribution in [0.2, 0.25) is 0 Å². The molecule has 1 fully saturated rings. The summed E-state index contributed by atoms with van der Waals surface area (Å²) in [5.74, 6) is 0.385. The lowest BCUT2D eigenvalue weighted by Gasteiger charge is -2.28. The van der Waals surface area contributed by atoms with Crippen LogP contribution in [0.5, 0.6) is 0 Å². The maximum Gasteiger partial charge on any atom is 0.315 e. The largest absolute Gasteiger partial charge is 0.481 e. The summed E-state index contributed by atoms with van der Waals surface area (Å²) in [6, 6.07) is -0.274. The SMILES string of the molecule is CC1CCCC(CNC(=O)NC(C)(C)CC(=O)O)C1. The molecule has 1 aliphatic rings. The van der Waals surface area contributed by atoms with Crippen molar-refractivity contribution in [3.8, 4) is 0 Å². The fourth-order valence-electron chi connectivity index (χ4n) is 2.76. The molecular weight excluding hydrogens is 244 g/mol. The number of hydrogen-bond acceptors (Lipinski definition) is 2. The van der Waals surface area contributed by atoms with Gasteiger partial charge in [-0.2, -0.15) is 0 Å². The molecule has 2 atom stereocenters. The van der Waals surface area contributed by atoms with Crippen LogP contribution in [0.3, 0.4) is 0 Å². The second kappa shape index (κ2) is 6.78. The van der Waals surface area contributed by atoms with Crippen molar-refractivity contribution < 1.29 is 14.7 Å². The number of urea groups is 1. The van der Waals surface area contributed by atoms with E-state index in [-0.39, 0.29) is 12.5 Å². The summed E-state index contributed by atoms with van der Waals surface area (Å²) in [6.07, 6.45) is 4.77. The first-order chi connectivity index (χ1) is 8.78. The van der Waals surface area contributed by atoms with Crippen LogP contribution in [0, 0.1) is 11.8 Å². The van der Waals surface area contributed by atoms with Gasteiger partial charge in [0, 0.05) is 12.1 Å². The Morgan fingerprint density at radius 3 is 2.58 bits per heavy atom. The summed E-state index contributed by atoms with van der Waals surface area (Å²) < 4.78 is 0. The van der Waals surface area contributed by atoms with E-state index in [1.807, 2.05) is 0 Å². The van der Waals surface area contributed by atoms with Gasteiger partial charge in [0.2, 0.25) is 0 Å². The standard InChI is InChI=1S/C14H26N2O3/c1-10-5-4-6-11(7-10)9-15-13(19)16-14(2,3)8-12(17)18/h10-11H,4-9H2,1-3H3,(H,17,18)(H2,15,16,19). The Bertz CT molecular complexity index is 329. The Balaban J connectivity index is 2.29. The van der Waals surface area contributed by atoms with Gasteiger partial charge in [0.05, 0.1) is 6.42 Å². The summed E-state index contributed by atoms with van der Waals surface area (Å²) in [4.78, 5) is 22.4. The molecule has 0 aliphatic heterocycles. The molecule has 110 valence electrons. The van der Waals surface area contributed by atoms with Crippen LogP contribution < -0.4 is 10.6 Å². The van der Waals surface area contributed by atoms with Gasteiger partial charge in [-0.15, -0.1) is 0 Å². The van der Waals surface area contributed by atoms with Crippen molar-refractivity contribution in [2.45, 2.75) is 58.4 Å². The minimum Gasteiger partial charge on any atom is -0.481 e. The summed E-state index contributed by atoms with van der Waals surface area (Å²) in [6.45, 7) is 6.36. The fraction of sp³-hybridized carbons (Fsp3) is 0.857. The van der Waals surface area contributed by atoms with Gasteiger partial charge in [-0.1, -0.05) is 19.8 Å². The fourth-order valence-corrected chi connectivity index (χ4v) is 2.76. The molecule has 0 aromatic heterocycles. The van der Waals surface area contributed by atoms with E-state index >= 15 is 0 Å². The second-order valence-corrected chi connectivity index (χ2v) is 6.43. The van der Waals surface area contributed by atoms with Gasteiger partial charge in [0.15, 0.2) is 0 Å². The van der Waals surface area contributed by atoms with Crippen molar-refractivity contribution in [2.75, 3.05) is 6.54 Å². The zero-order valence-electron chi connectivity index (χ0n) is 12.2. The third-order valence-electron chi connectivity index (χ3n) is 3.64. The second-order valence-electron chi connectivity index (χ2n) is 6.43. The van der Waals surface area contributed by atoms with Crippen molar-refractivity contribution in [2.24, 2.45) is 11.8 Å². The van der Waals surface area contributed by atoms with Crippen LogP contribution in [0.25, 0.3) is 0 Å². The lowest BCUT2D eigenvalue weighted by Crippen LogP contribution is -2.50. The molecule has 5 nitrogen and oxygen atoms in total. The average molecular weight is 270 g/mol. The summed E-state index contributed by atoms with van der Waals surface area (Å²) in [5, 5.41) is 14.3. The molecule has 3 N–H and O–H groups in total. The summed E-state index contributed by atoms with van der Waals surface area (Å²) in [5.41, 5.74) is -0.726. The molecule has 0 aromatic carbocycles. The van der Waals surface area contributed by atoms with Gasteiger partial charge in [-0.3, -0.25) is 4.79 Å². The predicted molar refractivity (Wildman–Crippen MR) is 74.0 cm³/mol. The van der Waals surface area contributed by atoms with Gasteiger partial charge in [0.25, 0.3) is 0 Å². The molecule has 1 saturated carbocycles. The monoisotopic (exact) mass is 270 g/mol. The molecule has 0 spiro atoms. The first-order valence-corrected chi connectivity index (χ1v) is 7.06. The van der Waals surface area contributed by atoms with Gasteiger partial charge in [0.1, 0.15) is 0 Å². The first-order valence-electron chi connectivity index (χ1n) is 7.06. The number of nitrogens with one attached hydrogen (secondary N) is 2. The van der Waals surface area contributed by atoms with E-state index in [1.54, 1.807) is 13.8 Å². The number of carbonyl (C=O) groups is 2. The minimum atomic E-state index is -0.911. The van der Waals surface area contributed by atoms with Crippen LogP contribution in [-0.4, -0.2) is 29.2 Å². The average Bonchev–Trinajstić information content (AvgIpc) is 2.24. The van der Waals surface area contributed by atoms with Crippen molar-refractivity contribution in [1.29, 1.82) is 0 Å². The van der Waals surface area contributed by atoms with E-state index in [9.17, 15) is 9.59 Å². The minimum absolute atomic E-state index is 0.0825. The van der Waals surface area contributed by atoms with Crippen LogP contribution in [-0.2, 0) is 4.79 Å².